The molecule has 0 atom stereocenters. The van der Waals surface area contributed by atoms with E-state index in [1.807, 2.05) is 0 Å². The van der Waals surface area contributed by atoms with Crippen molar-refractivity contribution in [2.45, 2.75) is 19.4 Å². The molecule has 1 aliphatic rings. The van der Waals surface area contributed by atoms with Crippen molar-refractivity contribution in [2.24, 2.45) is 25.9 Å². The first-order valence-corrected chi connectivity index (χ1v) is 7.12. The van der Waals surface area contributed by atoms with Gasteiger partial charge in [-0.3, -0.25) is 18.7 Å². The van der Waals surface area contributed by atoms with Crippen molar-refractivity contribution in [2.75, 3.05) is 7.11 Å². The molecule has 0 bridgehead atoms. The third kappa shape index (κ3) is 2.06. The minimum Gasteiger partial charge on any atom is -0.469 e. The Morgan fingerprint density at radius 2 is 2.05 bits per heavy atom. The molecule has 2 heterocycles. The summed E-state index contributed by atoms with van der Waals surface area (Å²) in [7, 11) is 4.69. The van der Waals surface area contributed by atoms with Crippen molar-refractivity contribution in [1.29, 1.82) is 0 Å². The number of carbonyl (C=O) groups is 1. The van der Waals surface area contributed by atoms with Crippen LogP contribution in [0.3, 0.4) is 0 Å². The van der Waals surface area contributed by atoms with Crippen LogP contribution in [0.4, 0.5) is 0 Å². The van der Waals surface area contributed by atoms with Gasteiger partial charge in [0.05, 0.1) is 19.4 Å². The molecular formula is C14H18N4O4. The van der Waals surface area contributed by atoms with Crippen LogP contribution in [0.15, 0.2) is 15.9 Å². The molecule has 22 heavy (non-hydrogen) atoms. The van der Waals surface area contributed by atoms with Gasteiger partial charge in [-0.1, -0.05) is 0 Å². The molecule has 8 nitrogen and oxygen atoms in total. The lowest BCUT2D eigenvalue weighted by molar-refractivity contribution is -0.150. The number of fused-ring (bicyclic) bond motifs is 1. The first-order valence-electron chi connectivity index (χ1n) is 7.12. The summed E-state index contributed by atoms with van der Waals surface area (Å²) in [6.07, 6.45) is 2.81. The van der Waals surface area contributed by atoms with E-state index in [4.69, 9.17) is 4.74 Å². The topological polar surface area (TPSA) is 88.1 Å². The highest BCUT2D eigenvalue weighted by molar-refractivity contribution is 5.73. The standard InChI is InChI=1S/C14H18N4O4/c1-16-7-15-11-10(16)12(19)18(14(21)17(11)2)6-8-4-9(5-8)13(20)22-3/h7-9H,4-6H2,1-3H3. The average molecular weight is 306 g/mol. The van der Waals surface area contributed by atoms with Crippen molar-refractivity contribution >= 4 is 17.1 Å². The summed E-state index contributed by atoms with van der Waals surface area (Å²) in [6.45, 7) is 0.320. The van der Waals surface area contributed by atoms with E-state index in [0.717, 1.165) is 0 Å². The molecule has 1 fully saturated rings. The van der Waals surface area contributed by atoms with E-state index in [1.165, 1.54) is 22.6 Å². The largest absolute Gasteiger partial charge is 0.469 e. The van der Waals surface area contributed by atoms with E-state index in [9.17, 15) is 14.4 Å². The van der Waals surface area contributed by atoms with Crippen LogP contribution in [0.2, 0.25) is 0 Å². The van der Waals surface area contributed by atoms with E-state index >= 15 is 0 Å². The summed E-state index contributed by atoms with van der Waals surface area (Å²) in [6, 6.07) is 0. The van der Waals surface area contributed by atoms with Gasteiger partial charge in [0.25, 0.3) is 5.56 Å². The fraction of sp³-hybridized carbons (Fsp3) is 0.571. The minimum absolute atomic E-state index is 0.116. The van der Waals surface area contributed by atoms with Gasteiger partial charge in [-0.15, -0.1) is 0 Å². The molecule has 1 aliphatic carbocycles. The van der Waals surface area contributed by atoms with Gasteiger partial charge in [-0.2, -0.15) is 0 Å². The first-order chi connectivity index (χ1) is 10.4. The Hall–Kier alpha value is -2.38. The van der Waals surface area contributed by atoms with Crippen LogP contribution in [0.1, 0.15) is 12.8 Å². The second-order valence-corrected chi connectivity index (χ2v) is 5.84. The van der Waals surface area contributed by atoms with Gasteiger partial charge in [0.15, 0.2) is 11.2 Å². The number of aryl methyl sites for hydroxylation is 2. The molecule has 8 heteroatoms. The lowest BCUT2D eigenvalue weighted by atomic mass is 9.75. The molecule has 0 aliphatic heterocycles. The number of hydrogen-bond acceptors (Lipinski definition) is 5. The maximum Gasteiger partial charge on any atom is 0.332 e. The molecule has 0 amide bonds. The number of ether oxygens (including phenoxy) is 1. The third-order valence-corrected chi connectivity index (χ3v) is 4.41. The molecule has 0 saturated heterocycles. The monoisotopic (exact) mass is 306 g/mol. The van der Waals surface area contributed by atoms with Crippen LogP contribution in [-0.2, 0) is 30.2 Å². The zero-order chi connectivity index (χ0) is 16.0. The highest BCUT2D eigenvalue weighted by Gasteiger charge is 2.36. The summed E-state index contributed by atoms with van der Waals surface area (Å²) < 4.78 is 8.93. The highest BCUT2D eigenvalue weighted by atomic mass is 16.5. The summed E-state index contributed by atoms with van der Waals surface area (Å²) in [5.41, 5.74) is 0.0816. The molecule has 0 N–H and O–H groups in total. The number of hydrogen-bond donors (Lipinski definition) is 0. The molecule has 118 valence electrons. The first kappa shape index (κ1) is 14.6. The smallest absolute Gasteiger partial charge is 0.332 e. The third-order valence-electron chi connectivity index (χ3n) is 4.41. The molecule has 0 unspecified atom stereocenters. The van der Waals surface area contributed by atoms with Crippen molar-refractivity contribution in [1.82, 2.24) is 18.7 Å². The molecule has 0 spiro atoms. The van der Waals surface area contributed by atoms with Gasteiger partial charge in [-0.05, 0) is 18.8 Å². The van der Waals surface area contributed by atoms with Crippen molar-refractivity contribution in [3.63, 3.8) is 0 Å². The maximum absolute atomic E-state index is 12.5. The summed E-state index contributed by atoms with van der Waals surface area (Å²) in [5.74, 6) is -0.200. The SMILES string of the molecule is COC(=O)C1CC(Cn2c(=O)c3c(ncn3C)n(C)c2=O)C1. The molecule has 2 aromatic heterocycles. The Morgan fingerprint density at radius 3 is 2.68 bits per heavy atom. The van der Waals surface area contributed by atoms with Crippen molar-refractivity contribution in [3.8, 4) is 0 Å². The van der Waals surface area contributed by atoms with Gasteiger partial charge in [0, 0.05) is 20.6 Å². The normalized spacial score (nSPS) is 20.9. The summed E-state index contributed by atoms with van der Waals surface area (Å²) >= 11 is 0. The van der Waals surface area contributed by atoms with E-state index in [0.29, 0.717) is 30.6 Å². The van der Waals surface area contributed by atoms with Crippen LogP contribution in [0, 0.1) is 11.8 Å². The molecule has 1 saturated carbocycles. The van der Waals surface area contributed by atoms with Crippen LogP contribution in [0.5, 0.6) is 0 Å². The number of aromatic nitrogens is 4. The number of imidazole rings is 1. The van der Waals surface area contributed by atoms with E-state index in [-0.39, 0.29) is 29.1 Å². The highest BCUT2D eigenvalue weighted by Crippen LogP contribution is 2.35. The fourth-order valence-electron chi connectivity index (χ4n) is 3.06. The second kappa shape index (κ2) is 5.11. The Labute approximate surface area is 125 Å². The fourth-order valence-corrected chi connectivity index (χ4v) is 3.06. The van der Waals surface area contributed by atoms with Crippen molar-refractivity contribution in [3.05, 3.63) is 27.2 Å². The Bertz CT molecular complexity index is 854. The molecular weight excluding hydrogens is 288 g/mol. The summed E-state index contributed by atoms with van der Waals surface area (Å²) in [4.78, 5) is 40.4. The Balaban J connectivity index is 1.93. The Kier molecular flexibility index (Phi) is 3.38. The van der Waals surface area contributed by atoms with Gasteiger partial charge >= 0.3 is 11.7 Å². The van der Waals surface area contributed by atoms with E-state index in [2.05, 4.69) is 4.98 Å². The van der Waals surface area contributed by atoms with Crippen LogP contribution >= 0.6 is 0 Å². The number of esters is 1. The zero-order valence-electron chi connectivity index (χ0n) is 12.8. The quantitative estimate of drug-likeness (QED) is 0.722. The molecule has 3 rings (SSSR count). The maximum atomic E-state index is 12.5. The number of carbonyl (C=O) groups excluding carboxylic acids is 1. The van der Waals surface area contributed by atoms with Crippen LogP contribution < -0.4 is 11.2 Å². The number of nitrogens with zero attached hydrogens (tertiary/aromatic N) is 4. The predicted molar refractivity (Wildman–Crippen MR) is 78.4 cm³/mol. The molecule has 2 aromatic rings. The molecule has 0 aromatic carbocycles. The van der Waals surface area contributed by atoms with Crippen LogP contribution in [-0.4, -0.2) is 31.8 Å². The number of methoxy groups -OCH3 is 1. The van der Waals surface area contributed by atoms with Crippen molar-refractivity contribution < 1.29 is 9.53 Å². The van der Waals surface area contributed by atoms with Gasteiger partial charge in [-0.25, -0.2) is 9.78 Å². The van der Waals surface area contributed by atoms with Gasteiger partial charge in [0.2, 0.25) is 0 Å². The lowest BCUT2D eigenvalue weighted by Crippen LogP contribution is -2.44. The summed E-state index contributed by atoms with van der Waals surface area (Å²) in [5, 5.41) is 0. The number of rotatable bonds is 3. The average Bonchev–Trinajstić information content (AvgIpc) is 2.84. The van der Waals surface area contributed by atoms with Gasteiger partial charge < -0.3 is 9.30 Å². The second-order valence-electron chi connectivity index (χ2n) is 5.84. The molecule has 0 radical (unpaired) electrons. The zero-order valence-corrected chi connectivity index (χ0v) is 12.8. The lowest BCUT2D eigenvalue weighted by Gasteiger charge is -2.33. The minimum atomic E-state index is -0.377. The van der Waals surface area contributed by atoms with Crippen LogP contribution in [0.25, 0.3) is 11.2 Å². The predicted octanol–water partition coefficient (Wildman–Crippen LogP) is -0.367. The van der Waals surface area contributed by atoms with Gasteiger partial charge in [0.1, 0.15) is 0 Å². The van der Waals surface area contributed by atoms with E-state index in [1.54, 1.807) is 18.7 Å². The van der Waals surface area contributed by atoms with E-state index < -0.39 is 0 Å². The Morgan fingerprint density at radius 1 is 1.36 bits per heavy atom.